The maximum Gasteiger partial charge on any atom is 0.303 e. The van der Waals surface area contributed by atoms with Crippen LogP contribution >= 0.6 is 0 Å². The molecule has 0 aromatic heterocycles. The topological polar surface area (TPSA) is 97.4 Å². The molecule has 0 aliphatic heterocycles. The van der Waals surface area contributed by atoms with Crippen molar-refractivity contribution in [2.24, 2.45) is 0 Å². The average molecular weight is 306 g/mol. The molecular weight excluding hydrogens is 284 g/mol. The van der Waals surface area contributed by atoms with Gasteiger partial charge in [-0.15, -0.1) is 0 Å². The molecule has 122 valence electrons. The molecular formula is C13H22O8. The van der Waals surface area contributed by atoms with Crippen LogP contribution in [0.4, 0.5) is 0 Å². The number of methoxy groups -OCH3 is 2. The number of hydrogen-bond donors (Lipinski definition) is 0. The third-order valence-electron chi connectivity index (χ3n) is 2.42. The Kier molecular flexibility index (Phi) is 9.31. The van der Waals surface area contributed by atoms with Crippen molar-refractivity contribution in [3.05, 3.63) is 0 Å². The minimum absolute atomic E-state index is 0.0376. The van der Waals surface area contributed by atoms with Crippen molar-refractivity contribution in [1.29, 1.82) is 0 Å². The fourth-order valence-electron chi connectivity index (χ4n) is 1.72. The second kappa shape index (κ2) is 10.1. The van der Waals surface area contributed by atoms with Crippen molar-refractivity contribution in [2.45, 2.75) is 39.1 Å². The SMILES string of the molecule is COC[C@@H](OC(C)=O)[C@@H](OC)[C@H](COC(C)=O)OC(C)=O. The van der Waals surface area contributed by atoms with Crippen LogP contribution < -0.4 is 0 Å². The van der Waals surface area contributed by atoms with E-state index in [1.54, 1.807) is 0 Å². The Bertz CT molecular complexity index is 354. The van der Waals surface area contributed by atoms with Gasteiger partial charge in [-0.3, -0.25) is 14.4 Å². The standard InChI is InChI=1S/C13H22O8/c1-8(14)19-7-12(21-10(3)16)13(18-5)11(6-17-4)20-9(2)15/h11-13H,6-7H2,1-5H3/t11-,12+,13-/m1/s1. The molecule has 8 nitrogen and oxygen atoms in total. The molecule has 0 rings (SSSR count). The van der Waals surface area contributed by atoms with Crippen LogP contribution in [0.15, 0.2) is 0 Å². The summed E-state index contributed by atoms with van der Waals surface area (Å²) in [6.07, 6.45) is -2.56. The van der Waals surface area contributed by atoms with E-state index in [9.17, 15) is 14.4 Å². The number of carbonyl (C=O) groups is 3. The highest BCUT2D eigenvalue weighted by Crippen LogP contribution is 2.14. The summed E-state index contributed by atoms with van der Waals surface area (Å²) in [5.41, 5.74) is 0. The van der Waals surface area contributed by atoms with Crippen molar-refractivity contribution in [3.8, 4) is 0 Å². The minimum Gasteiger partial charge on any atom is -0.462 e. The van der Waals surface area contributed by atoms with Gasteiger partial charge in [0.2, 0.25) is 0 Å². The summed E-state index contributed by atoms with van der Waals surface area (Å²) in [5.74, 6) is -1.64. The second-order valence-electron chi connectivity index (χ2n) is 4.25. The molecule has 0 bridgehead atoms. The fourth-order valence-corrected chi connectivity index (χ4v) is 1.72. The first-order chi connectivity index (χ1) is 9.81. The highest BCUT2D eigenvalue weighted by atomic mass is 16.6. The van der Waals surface area contributed by atoms with E-state index in [-0.39, 0.29) is 13.2 Å². The quantitative estimate of drug-likeness (QED) is 0.436. The number of carbonyl (C=O) groups excluding carboxylic acids is 3. The summed E-state index contributed by atoms with van der Waals surface area (Å²) >= 11 is 0. The number of rotatable bonds is 9. The molecule has 8 heteroatoms. The summed E-state index contributed by atoms with van der Waals surface area (Å²) < 4.78 is 25.2. The second-order valence-corrected chi connectivity index (χ2v) is 4.25. The van der Waals surface area contributed by atoms with E-state index >= 15 is 0 Å². The van der Waals surface area contributed by atoms with Crippen molar-refractivity contribution in [2.75, 3.05) is 27.4 Å². The first-order valence-electron chi connectivity index (χ1n) is 6.31. The van der Waals surface area contributed by atoms with E-state index < -0.39 is 36.2 Å². The van der Waals surface area contributed by atoms with Gasteiger partial charge in [-0.25, -0.2) is 0 Å². The Hall–Kier alpha value is -1.67. The molecule has 0 fully saturated rings. The van der Waals surface area contributed by atoms with E-state index in [4.69, 9.17) is 23.7 Å². The third-order valence-corrected chi connectivity index (χ3v) is 2.42. The van der Waals surface area contributed by atoms with Crippen LogP contribution in [0.25, 0.3) is 0 Å². The normalized spacial score (nSPS) is 14.7. The molecule has 0 saturated carbocycles. The lowest BCUT2D eigenvalue weighted by Gasteiger charge is -2.30. The third kappa shape index (κ3) is 8.26. The van der Waals surface area contributed by atoms with Crippen LogP contribution in [0.2, 0.25) is 0 Å². The average Bonchev–Trinajstić information content (AvgIpc) is 2.35. The lowest BCUT2D eigenvalue weighted by atomic mass is 10.1. The molecule has 0 aromatic rings. The maximum atomic E-state index is 11.2. The fraction of sp³-hybridized carbons (Fsp3) is 0.769. The van der Waals surface area contributed by atoms with Gasteiger partial charge in [0.25, 0.3) is 0 Å². The minimum atomic E-state index is -0.920. The Balaban J connectivity index is 5.06. The molecule has 0 unspecified atom stereocenters. The van der Waals surface area contributed by atoms with Gasteiger partial charge >= 0.3 is 17.9 Å². The molecule has 0 aliphatic rings. The number of ether oxygens (including phenoxy) is 5. The van der Waals surface area contributed by atoms with Gasteiger partial charge in [-0.05, 0) is 0 Å². The van der Waals surface area contributed by atoms with Crippen molar-refractivity contribution < 1.29 is 38.1 Å². The van der Waals surface area contributed by atoms with Crippen molar-refractivity contribution in [1.82, 2.24) is 0 Å². The van der Waals surface area contributed by atoms with Crippen LogP contribution in [0.5, 0.6) is 0 Å². The molecule has 0 N–H and O–H groups in total. The molecule has 0 amide bonds. The van der Waals surface area contributed by atoms with Crippen LogP contribution in [-0.2, 0) is 38.1 Å². The highest BCUT2D eigenvalue weighted by Gasteiger charge is 2.35. The first-order valence-corrected chi connectivity index (χ1v) is 6.31. The summed E-state index contributed by atoms with van der Waals surface area (Å²) in [6, 6.07) is 0. The van der Waals surface area contributed by atoms with Gasteiger partial charge in [-0.2, -0.15) is 0 Å². The van der Waals surface area contributed by atoms with Gasteiger partial charge in [0.15, 0.2) is 12.2 Å². The number of hydrogen-bond acceptors (Lipinski definition) is 8. The molecule has 0 saturated heterocycles. The van der Waals surface area contributed by atoms with E-state index in [0.717, 1.165) is 0 Å². The monoisotopic (exact) mass is 306 g/mol. The van der Waals surface area contributed by atoms with E-state index in [2.05, 4.69) is 0 Å². The van der Waals surface area contributed by atoms with Crippen LogP contribution in [0.1, 0.15) is 20.8 Å². The zero-order valence-corrected chi connectivity index (χ0v) is 12.9. The van der Waals surface area contributed by atoms with E-state index in [1.165, 1.54) is 35.0 Å². The van der Waals surface area contributed by atoms with Crippen molar-refractivity contribution in [3.63, 3.8) is 0 Å². The van der Waals surface area contributed by atoms with Crippen LogP contribution in [0, 0.1) is 0 Å². The van der Waals surface area contributed by atoms with Crippen molar-refractivity contribution >= 4 is 17.9 Å². The lowest BCUT2D eigenvalue weighted by molar-refractivity contribution is -0.183. The predicted octanol–water partition coefficient (Wildman–Crippen LogP) is 0.0743. The molecule has 0 spiro atoms. The van der Waals surface area contributed by atoms with Gasteiger partial charge in [0, 0.05) is 35.0 Å². The smallest absolute Gasteiger partial charge is 0.303 e. The predicted molar refractivity (Wildman–Crippen MR) is 70.4 cm³/mol. The van der Waals surface area contributed by atoms with Gasteiger partial charge < -0.3 is 23.7 Å². The zero-order chi connectivity index (χ0) is 16.4. The highest BCUT2D eigenvalue weighted by molar-refractivity contribution is 5.67. The lowest BCUT2D eigenvalue weighted by Crippen LogP contribution is -2.47. The Labute approximate surface area is 123 Å². The zero-order valence-electron chi connectivity index (χ0n) is 12.9. The molecule has 21 heavy (non-hydrogen) atoms. The summed E-state index contributed by atoms with van der Waals surface area (Å²) in [7, 11) is 2.79. The van der Waals surface area contributed by atoms with E-state index in [0.29, 0.717) is 0 Å². The van der Waals surface area contributed by atoms with Crippen LogP contribution in [0.3, 0.4) is 0 Å². The molecule has 3 atom stereocenters. The molecule has 0 radical (unpaired) electrons. The number of esters is 3. The molecule has 0 heterocycles. The summed E-state index contributed by atoms with van der Waals surface area (Å²) in [5, 5.41) is 0. The summed E-state index contributed by atoms with van der Waals surface area (Å²) in [6.45, 7) is 3.50. The van der Waals surface area contributed by atoms with Gasteiger partial charge in [0.1, 0.15) is 12.7 Å². The maximum absolute atomic E-state index is 11.2. The van der Waals surface area contributed by atoms with Gasteiger partial charge in [0.05, 0.1) is 6.61 Å². The largest absolute Gasteiger partial charge is 0.462 e. The molecule has 0 aliphatic carbocycles. The molecule has 0 aromatic carbocycles. The van der Waals surface area contributed by atoms with Crippen LogP contribution in [-0.4, -0.2) is 63.7 Å². The first kappa shape index (κ1) is 19.3. The summed E-state index contributed by atoms with van der Waals surface area (Å²) in [4.78, 5) is 33.2. The Morgan fingerprint density at radius 3 is 1.62 bits per heavy atom. The Morgan fingerprint density at radius 2 is 1.29 bits per heavy atom. The van der Waals surface area contributed by atoms with Gasteiger partial charge in [-0.1, -0.05) is 0 Å². The van der Waals surface area contributed by atoms with E-state index in [1.807, 2.05) is 0 Å². The Morgan fingerprint density at radius 1 is 0.810 bits per heavy atom.